The summed E-state index contributed by atoms with van der Waals surface area (Å²) in [6.07, 6.45) is 3.84. The summed E-state index contributed by atoms with van der Waals surface area (Å²) < 4.78 is 20.1. The van der Waals surface area contributed by atoms with Crippen LogP contribution in [0.3, 0.4) is 0 Å². The molecule has 140 valence electrons. The van der Waals surface area contributed by atoms with E-state index < -0.39 is 0 Å². The van der Waals surface area contributed by atoms with Crippen molar-refractivity contribution in [1.82, 2.24) is 19.9 Å². The first kappa shape index (κ1) is 17.6. The van der Waals surface area contributed by atoms with Crippen LogP contribution in [0.5, 0.6) is 0 Å². The zero-order valence-corrected chi connectivity index (χ0v) is 15.3. The van der Waals surface area contributed by atoms with E-state index in [4.69, 9.17) is 4.74 Å². The number of carbonyl (C=O) groups excluding carboxylic acids is 1. The van der Waals surface area contributed by atoms with E-state index in [1.54, 1.807) is 23.8 Å². The minimum Gasteiger partial charge on any atom is -0.378 e. The van der Waals surface area contributed by atoms with Gasteiger partial charge in [-0.05, 0) is 56.0 Å². The number of benzene rings is 1. The number of hydrogen-bond acceptors (Lipinski definition) is 4. The average molecular weight is 368 g/mol. The first-order valence-electron chi connectivity index (χ1n) is 9.00. The molecule has 7 heteroatoms. The van der Waals surface area contributed by atoms with Crippen molar-refractivity contribution in [3.63, 3.8) is 0 Å². The molecule has 1 fully saturated rings. The minimum atomic E-state index is -0.310. The lowest BCUT2D eigenvalue weighted by Crippen LogP contribution is -2.34. The Bertz CT molecular complexity index is 980. The van der Waals surface area contributed by atoms with Crippen LogP contribution in [0.15, 0.2) is 36.5 Å². The predicted octanol–water partition coefficient (Wildman–Crippen LogP) is 3.21. The summed E-state index contributed by atoms with van der Waals surface area (Å²) >= 11 is 0. The third-order valence-electron chi connectivity index (χ3n) is 4.91. The molecule has 1 amide bonds. The topological polar surface area (TPSA) is 68.5 Å². The Morgan fingerprint density at radius 1 is 1.37 bits per heavy atom. The second-order valence-corrected chi connectivity index (χ2v) is 6.97. The molecule has 1 aliphatic carbocycles. The van der Waals surface area contributed by atoms with Crippen LogP contribution in [0.2, 0.25) is 0 Å². The van der Waals surface area contributed by atoms with Crippen LogP contribution in [-0.4, -0.2) is 33.7 Å². The standard InChI is InChI=1S/C20H21FN4O2/c1-12(13-3-4-13)23-20(26)17-10-22-25-16(11-27-2)9-18(24-19(17)25)14-5-7-15(21)8-6-14/h5-10,12-13H,3-4,11H2,1-2H3,(H,23,26). The second kappa shape index (κ2) is 7.08. The van der Waals surface area contributed by atoms with Gasteiger partial charge < -0.3 is 10.1 Å². The van der Waals surface area contributed by atoms with Gasteiger partial charge in [0.05, 0.1) is 24.2 Å². The summed E-state index contributed by atoms with van der Waals surface area (Å²) in [6.45, 7) is 2.34. The number of aromatic nitrogens is 3. The number of amides is 1. The Morgan fingerprint density at radius 2 is 2.11 bits per heavy atom. The van der Waals surface area contributed by atoms with E-state index in [0.29, 0.717) is 29.4 Å². The highest BCUT2D eigenvalue weighted by atomic mass is 19.1. The number of nitrogens with one attached hydrogen (secondary N) is 1. The normalized spacial score (nSPS) is 15.1. The van der Waals surface area contributed by atoms with Gasteiger partial charge in [0.1, 0.15) is 11.4 Å². The van der Waals surface area contributed by atoms with Crippen molar-refractivity contribution >= 4 is 11.6 Å². The van der Waals surface area contributed by atoms with Gasteiger partial charge in [0.25, 0.3) is 5.91 Å². The molecule has 1 saturated carbocycles. The van der Waals surface area contributed by atoms with Gasteiger partial charge in [-0.15, -0.1) is 0 Å². The first-order valence-corrected chi connectivity index (χ1v) is 9.00. The summed E-state index contributed by atoms with van der Waals surface area (Å²) in [4.78, 5) is 17.4. The first-order chi connectivity index (χ1) is 13.1. The van der Waals surface area contributed by atoms with E-state index in [-0.39, 0.29) is 17.8 Å². The van der Waals surface area contributed by atoms with Crippen molar-refractivity contribution in [1.29, 1.82) is 0 Å². The number of carbonyl (C=O) groups is 1. The number of nitrogens with zero attached hydrogens (tertiary/aromatic N) is 3. The fraction of sp³-hybridized carbons (Fsp3) is 0.350. The SMILES string of the molecule is COCc1cc(-c2ccc(F)cc2)nc2c(C(=O)NC(C)C3CC3)cnn12. The number of hydrogen-bond donors (Lipinski definition) is 1. The van der Waals surface area contributed by atoms with Crippen molar-refractivity contribution in [3.8, 4) is 11.3 Å². The second-order valence-electron chi connectivity index (χ2n) is 6.97. The highest BCUT2D eigenvalue weighted by molar-refractivity contribution is 6.00. The molecule has 3 aromatic rings. The lowest BCUT2D eigenvalue weighted by atomic mass is 10.1. The van der Waals surface area contributed by atoms with Gasteiger partial charge in [-0.3, -0.25) is 4.79 Å². The zero-order chi connectivity index (χ0) is 19.0. The largest absolute Gasteiger partial charge is 0.378 e. The highest BCUT2D eigenvalue weighted by Gasteiger charge is 2.30. The van der Waals surface area contributed by atoms with E-state index in [2.05, 4.69) is 15.4 Å². The van der Waals surface area contributed by atoms with Gasteiger partial charge in [0, 0.05) is 18.7 Å². The van der Waals surface area contributed by atoms with Crippen LogP contribution < -0.4 is 5.32 Å². The molecule has 0 aliphatic heterocycles. The van der Waals surface area contributed by atoms with Crippen LogP contribution in [0, 0.1) is 11.7 Å². The Morgan fingerprint density at radius 3 is 2.78 bits per heavy atom. The van der Waals surface area contributed by atoms with Crippen molar-refractivity contribution in [2.24, 2.45) is 5.92 Å². The molecule has 0 saturated heterocycles. The molecule has 1 aromatic carbocycles. The van der Waals surface area contributed by atoms with Crippen molar-refractivity contribution < 1.29 is 13.9 Å². The van der Waals surface area contributed by atoms with E-state index in [9.17, 15) is 9.18 Å². The van der Waals surface area contributed by atoms with Crippen LogP contribution in [0.4, 0.5) is 4.39 Å². The molecule has 1 unspecified atom stereocenters. The minimum absolute atomic E-state index is 0.131. The molecule has 1 atom stereocenters. The van der Waals surface area contributed by atoms with Crippen LogP contribution in [0.1, 0.15) is 35.8 Å². The van der Waals surface area contributed by atoms with Crippen molar-refractivity contribution in [2.45, 2.75) is 32.4 Å². The molecule has 2 aromatic heterocycles. The number of methoxy groups -OCH3 is 1. The van der Waals surface area contributed by atoms with Crippen LogP contribution in [-0.2, 0) is 11.3 Å². The Kier molecular flexibility index (Phi) is 4.61. The summed E-state index contributed by atoms with van der Waals surface area (Å²) in [7, 11) is 1.60. The van der Waals surface area contributed by atoms with Gasteiger partial charge in [-0.25, -0.2) is 13.9 Å². The molecule has 1 aliphatic rings. The maximum absolute atomic E-state index is 13.3. The Balaban J connectivity index is 1.76. The van der Waals surface area contributed by atoms with E-state index >= 15 is 0 Å². The lowest BCUT2D eigenvalue weighted by molar-refractivity contribution is 0.0937. The highest BCUT2D eigenvalue weighted by Crippen LogP contribution is 2.32. The van der Waals surface area contributed by atoms with E-state index in [0.717, 1.165) is 24.1 Å². The van der Waals surface area contributed by atoms with E-state index in [1.807, 2.05) is 13.0 Å². The molecule has 0 radical (unpaired) electrons. The third kappa shape index (κ3) is 3.55. The monoisotopic (exact) mass is 368 g/mol. The van der Waals surface area contributed by atoms with Gasteiger partial charge in [-0.2, -0.15) is 5.10 Å². The van der Waals surface area contributed by atoms with Crippen LogP contribution >= 0.6 is 0 Å². The number of rotatable bonds is 6. The van der Waals surface area contributed by atoms with Crippen molar-refractivity contribution in [2.75, 3.05) is 7.11 Å². The molecule has 2 heterocycles. The molecule has 0 spiro atoms. The quantitative estimate of drug-likeness (QED) is 0.725. The van der Waals surface area contributed by atoms with Gasteiger partial charge in [0.15, 0.2) is 5.65 Å². The molecule has 0 bridgehead atoms. The molecule has 4 rings (SSSR count). The summed E-state index contributed by atoms with van der Waals surface area (Å²) in [6, 6.07) is 8.07. The van der Waals surface area contributed by atoms with Crippen LogP contribution in [0.25, 0.3) is 16.9 Å². The maximum Gasteiger partial charge on any atom is 0.256 e. The molecular weight excluding hydrogens is 347 g/mol. The number of ether oxygens (including phenoxy) is 1. The number of fused-ring (bicyclic) bond motifs is 1. The third-order valence-corrected chi connectivity index (χ3v) is 4.91. The number of halogens is 1. The fourth-order valence-corrected chi connectivity index (χ4v) is 3.20. The lowest BCUT2D eigenvalue weighted by Gasteiger charge is -2.12. The Labute approximate surface area is 156 Å². The molecule has 27 heavy (non-hydrogen) atoms. The van der Waals surface area contributed by atoms with E-state index in [1.165, 1.54) is 18.3 Å². The summed E-state index contributed by atoms with van der Waals surface area (Å²) in [5.41, 5.74) is 3.04. The predicted molar refractivity (Wildman–Crippen MR) is 98.7 cm³/mol. The van der Waals surface area contributed by atoms with Gasteiger partial charge in [-0.1, -0.05) is 0 Å². The van der Waals surface area contributed by atoms with Crippen molar-refractivity contribution in [3.05, 3.63) is 53.6 Å². The molecule has 6 nitrogen and oxygen atoms in total. The molecule has 1 N–H and O–H groups in total. The van der Waals surface area contributed by atoms with Gasteiger partial charge >= 0.3 is 0 Å². The average Bonchev–Trinajstić information content (AvgIpc) is 3.42. The van der Waals surface area contributed by atoms with Gasteiger partial charge in [0.2, 0.25) is 0 Å². The maximum atomic E-state index is 13.3. The fourth-order valence-electron chi connectivity index (χ4n) is 3.20. The summed E-state index contributed by atoms with van der Waals surface area (Å²) in [5, 5.41) is 7.37. The summed E-state index contributed by atoms with van der Waals surface area (Å²) in [5.74, 6) is 0.0644. The Hall–Kier alpha value is -2.80. The molecular formula is C20H21FN4O2. The zero-order valence-electron chi connectivity index (χ0n) is 15.3. The smallest absolute Gasteiger partial charge is 0.256 e.